The fourth-order valence-corrected chi connectivity index (χ4v) is 1.68. The zero-order valence-electron chi connectivity index (χ0n) is 10.9. The second kappa shape index (κ2) is 7.58. The van der Waals surface area contributed by atoms with Gasteiger partial charge in [0, 0.05) is 25.9 Å². The van der Waals surface area contributed by atoms with Crippen LogP contribution in [0.1, 0.15) is 29.6 Å². The Bertz CT molecular complexity index is 438. The lowest BCUT2D eigenvalue weighted by Gasteiger charge is -2.10. The van der Waals surface area contributed by atoms with E-state index in [1.807, 2.05) is 0 Å². The van der Waals surface area contributed by atoms with E-state index >= 15 is 0 Å². The number of hydrogen-bond acceptors (Lipinski definition) is 4. The second-order valence-corrected chi connectivity index (χ2v) is 4.20. The number of nitrogens with two attached hydrogens (primary N) is 1. The van der Waals surface area contributed by atoms with E-state index in [2.05, 4.69) is 5.32 Å². The maximum Gasteiger partial charge on any atom is 0.337 e. The minimum atomic E-state index is -1.17. The molecule has 0 unspecified atom stereocenters. The monoisotopic (exact) mass is 270 g/mol. The summed E-state index contributed by atoms with van der Waals surface area (Å²) in [6.07, 6.45) is 2.77. The van der Waals surface area contributed by atoms with Gasteiger partial charge in [-0.25, -0.2) is 9.18 Å². The largest absolute Gasteiger partial charge is 0.478 e. The van der Waals surface area contributed by atoms with Gasteiger partial charge in [0.25, 0.3) is 0 Å². The molecule has 0 radical (unpaired) electrons. The molecule has 0 aliphatic carbocycles. The summed E-state index contributed by atoms with van der Waals surface area (Å²) in [6, 6.07) is 2.25. The maximum absolute atomic E-state index is 13.6. The third kappa shape index (κ3) is 4.75. The molecular weight excluding hydrogens is 251 g/mol. The van der Waals surface area contributed by atoms with Gasteiger partial charge in [0.2, 0.25) is 0 Å². The van der Waals surface area contributed by atoms with Crippen molar-refractivity contribution in [3.05, 3.63) is 23.5 Å². The quantitative estimate of drug-likeness (QED) is 0.498. The van der Waals surface area contributed by atoms with Crippen LogP contribution in [0.3, 0.4) is 0 Å². The van der Waals surface area contributed by atoms with Crippen molar-refractivity contribution in [3.8, 4) is 0 Å². The van der Waals surface area contributed by atoms with E-state index < -0.39 is 11.8 Å². The molecule has 0 atom stereocenters. The highest BCUT2D eigenvalue weighted by Crippen LogP contribution is 2.22. The molecular formula is C13H19FN2O3. The molecule has 4 N–H and O–H groups in total. The van der Waals surface area contributed by atoms with Crippen molar-refractivity contribution >= 4 is 17.3 Å². The van der Waals surface area contributed by atoms with Crippen LogP contribution in [0.25, 0.3) is 0 Å². The van der Waals surface area contributed by atoms with Crippen LogP contribution in [0.15, 0.2) is 12.1 Å². The highest BCUT2D eigenvalue weighted by atomic mass is 19.1. The number of nitrogens with one attached hydrogen (secondary N) is 1. The summed E-state index contributed by atoms with van der Waals surface area (Å²) in [5, 5.41) is 11.8. The molecule has 0 fully saturated rings. The fraction of sp³-hybridized carbons (Fsp3) is 0.462. The van der Waals surface area contributed by atoms with Crippen LogP contribution in [0, 0.1) is 5.82 Å². The van der Waals surface area contributed by atoms with Crippen LogP contribution in [0.2, 0.25) is 0 Å². The van der Waals surface area contributed by atoms with E-state index in [-0.39, 0.29) is 16.9 Å². The predicted octanol–water partition coefficient (Wildman–Crippen LogP) is 2.33. The molecule has 0 saturated carbocycles. The number of hydrogen-bond donors (Lipinski definition) is 3. The SMILES string of the molecule is COCCCCCNc1cc(C(=O)O)c(N)cc1F. The van der Waals surface area contributed by atoms with Gasteiger partial charge in [-0.3, -0.25) is 0 Å². The van der Waals surface area contributed by atoms with E-state index in [4.69, 9.17) is 15.6 Å². The first-order valence-electron chi connectivity index (χ1n) is 6.11. The first-order valence-corrected chi connectivity index (χ1v) is 6.11. The number of benzene rings is 1. The Hall–Kier alpha value is -1.82. The Morgan fingerprint density at radius 1 is 1.42 bits per heavy atom. The van der Waals surface area contributed by atoms with Crippen molar-refractivity contribution in [1.29, 1.82) is 0 Å². The first kappa shape index (κ1) is 15.2. The van der Waals surface area contributed by atoms with Crippen LogP contribution in [-0.4, -0.2) is 31.3 Å². The average Bonchev–Trinajstić information content (AvgIpc) is 2.35. The summed E-state index contributed by atoms with van der Waals surface area (Å²) >= 11 is 0. The molecule has 1 rings (SSSR count). The Kier molecular flexibility index (Phi) is 6.08. The van der Waals surface area contributed by atoms with Gasteiger partial charge in [-0.1, -0.05) is 0 Å². The van der Waals surface area contributed by atoms with Gasteiger partial charge in [0.05, 0.1) is 11.3 Å². The van der Waals surface area contributed by atoms with Gasteiger partial charge in [0.15, 0.2) is 0 Å². The number of methoxy groups -OCH3 is 1. The van der Waals surface area contributed by atoms with Crippen molar-refractivity contribution in [2.24, 2.45) is 0 Å². The van der Waals surface area contributed by atoms with Crippen molar-refractivity contribution in [1.82, 2.24) is 0 Å². The van der Waals surface area contributed by atoms with Gasteiger partial charge in [-0.05, 0) is 31.4 Å². The molecule has 5 nitrogen and oxygen atoms in total. The van der Waals surface area contributed by atoms with E-state index in [0.717, 1.165) is 25.3 Å². The van der Waals surface area contributed by atoms with Gasteiger partial charge < -0.3 is 20.9 Å². The van der Waals surface area contributed by atoms with Crippen molar-refractivity contribution in [2.45, 2.75) is 19.3 Å². The molecule has 1 aromatic carbocycles. The van der Waals surface area contributed by atoms with Crippen LogP contribution in [0.5, 0.6) is 0 Å². The number of unbranched alkanes of at least 4 members (excludes halogenated alkanes) is 2. The summed E-state index contributed by atoms with van der Waals surface area (Å²) in [5.74, 6) is -1.71. The summed E-state index contributed by atoms with van der Waals surface area (Å²) in [5.41, 5.74) is 5.44. The minimum Gasteiger partial charge on any atom is -0.478 e. The Balaban J connectivity index is 2.53. The molecule has 6 heteroatoms. The Morgan fingerprint density at radius 3 is 2.79 bits per heavy atom. The highest BCUT2D eigenvalue weighted by molar-refractivity contribution is 5.94. The third-order valence-corrected chi connectivity index (χ3v) is 2.71. The molecule has 1 aromatic rings. The van der Waals surface area contributed by atoms with E-state index in [0.29, 0.717) is 13.2 Å². The number of aromatic carboxylic acids is 1. The van der Waals surface area contributed by atoms with Crippen molar-refractivity contribution < 1.29 is 19.0 Å². The van der Waals surface area contributed by atoms with E-state index in [9.17, 15) is 9.18 Å². The molecule has 106 valence electrons. The zero-order valence-corrected chi connectivity index (χ0v) is 10.9. The van der Waals surface area contributed by atoms with Crippen molar-refractivity contribution in [3.63, 3.8) is 0 Å². The van der Waals surface area contributed by atoms with Gasteiger partial charge in [-0.15, -0.1) is 0 Å². The fourth-order valence-electron chi connectivity index (χ4n) is 1.68. The van der Waals surface area contributed by atoms with E-state index in [1.54, 1.807) is 7.11 Å². The highest BCUT2D eigenvalue weighted by Gasteiger charge is 2.12. The number of ether oxygens (including phenoxy) is 1. The number of rotatable bonds is 8. The molecule has 0 spiro atoms. The van der Waals surface area contributed by atoms with Crippen molar-refractivity contribution in [2.75, 3.05) is 31.3 Å². The smallest absolute Gasteiger partial charge is 0.337 e. The summed E-state index contributed by atoms with van der Waals surface area (Å²) < 4.78 is 18.5. The normalized spacial score (nSPS) is 10.4. The number of halogens is 1. The predicted molar refractivity (Wildman–Crippen MR) is 72.0 cm³/mol. The number of nitrogen functional groups attached to an aromatic ring is 1. The lowest BCUT2D eigenvalue weighted by molar-refractivity contribution is 0.0698. The van der Waals surface area contributed by atoms with Crippen LogP contribution >= 0.6 is 0 Å². The van der Waals surface area contributed by atoms with Gasteiger partial charge in [-0.2, -0.15) is 0 Å². The molecule has 0 saturated heterocycles. The standard InChI is InChI=1S/C13H19FN2O3/c1-19-6-4-2-3-5-16-12-7-9(13(17)18)11(15)8-10(12)14/h7-8,16H,2-6,15H2,1H3,(H,17,18). The lowest BCUT2D eigenvalue weighted by Crippen LogP contribution is -2.08. The van der Waals surface area contributed by atoms with Gasteiger partial charge >= 0.3 is 5.97 Å². The number of anilines is 2. The molecule has 0 bridgehead atoms. The van der Waals surface area contributed by atoms with Crippen LogP contribution in [-0.2, 0) is 4.74 Å². The number of carboxylic acids is 1. The number of carbonyl (C=O) groups is 1. The Labute approximate surface area is 111 Å². The van der Waals surface area contributed by atoms with Crippen LogP contribution in [0.4, 0.5) is 15.8 Å². The summed E-state index contributed by atoms with van der Waals surface area (Å²) in [7, 11) is 1.65. The minimum absolute atomic E-state index is 0.0735. The first-order chi connectivity index (χ1) is 9.06. The Morgan fingerprint density at radius 2 is 2.16 bits per heavy atom. The van der Waals surface area contributed by atoms with E-state index in [1.165, 1.54) is 6.07 Å². The second-order valence-electron chi connectivity index (χ2n) is 4.20. The molecule has 0 aliphatic heterocycles. The molecule has 0 aliphatic rings. The average molecular weight is 270 g/mol. The third-order valence-electron chi connectivity index (χ3n) is 2.71. The molecule has 0 heterocycles. The maximum atomic E-state index is 13.6. The number of carboxylic acid groups (broad SMARTS) is 1. The summed E-state index contributed by atoms with van der Waals surface area (Å²) in [6.45, 7) is 1.28. The lowest BCUT2D eigenvalue weighted by atomic mass is 10.1. The van der Waals surface area contributed by atoms with Crippen LogP contribution < -0.4 is 11.1 Å². The zero-order chi connectivity index (χ0) is 14.3. The molecule has 0 amide bonds. The summed E-state index contributed by atoms with van der Waals surface area (Å²) in [4.78, 5) is 10.9. The van der Waals surface area contributed by atoms with Gasteiger partial charge in [0.1, 0.15) is 5.82 Å². The topological polar surface area (TPSA) is 84.6 Å². The molecule has 0 aromatic heterocycles. The molecule has 19 heavy (non-hydrogen) atoms.